The molecule has 4 rings (SSSR count). The van der Waals surface area contributed by atoms with Crippen LogP contribution in [-0.2, 0) is 28.8 Å². The van der Waals surface area contributed by atoms with Crippen LogP contribution in [0.1, 0.15) is 85.5 Å². The zero-order valence-corrected chi connectivity index (χ0v) is 21.9. The first-order valence-electron chi connectivity index (χ1n) is 13.3. The smallest absolute Gasteiger partial charge is 0.305 e. The zero-order valence-electron chi connectivity index (χ0n) is 21.9. The number of hydrogen-bond acceptors (Lipinski definition) is 6. The van der Waals surface area contributed by atoms with Crippen molar-refractivity contribution in [2.75, 3.05) is 14.2 Å². The molecule has 0 bridgehead atoms. The summed E-state index contributed by atoms with van der Waals surface area (Å²) in [4.78, 5) is 34.7. The molecule has 4 aliphatic rings. The van der Waals surface area contributed by atoms with Gasteiger partial charge in [-0.1, -0.05) is 32.4 Å². The first-order chi connectivity index (χ1) is 16.1. The molecule has 0 radical (unpaired) electrons. The number of allylic oxidation sites excluding steroid dienone is 1. The maximum Gasteiger partial charge on any atom is 0.305 e. The lowest BCUT2D eigenvalue weighted by molar-refractivity contribution is -0.325. The lowest BCUT2D eigenvalue weighted by atomic mass is 9.47. The van der Waals surface area contributed by atoms with E-state index in [-0.39, 0.29) is 35.0 Å². The number of ether oxygens (including phenoxy) is 2. The van der Waals surface area contributed by atoms with Gasteiger partial charge in [0.1, 0.15) is 12.2 Å². The first kappa shape index (κ1) is 25.7. The fourth-order valence-electron chi connectivity index (χ4n) is 8.65. The highest BCUT2D eigenvalue weighted by atomic mass is 17.2. The molecule has 0 heterocycles. The van der Waals surface area contributed by atoms with Crippen LogP contribution in [0.5, 0.6) is 0 Å². The van der Waals surface area contributed by atoms with Crippen LogP contribution >= 0.6 is 0 Å². The fraction of sp³-hybridized carbons (Fsp3) is 0.857. The van der Waals surface area contributed by atoms with Crippen molar-refractivity contribution in [1.29, 1.82) is 0 Å². The van der Waals surface area contributed by atoms with Crippen molar-refractivity contribution in [3.05, 3.63) is 11.6 Å². The van der Waals surface area contributed by atoms with Crippen LogP contribution in [0.3, 0.4) is 0 Å². The first-order valence-corrected chi connectivity index (χ1v) is 13.3. The van der Waals surface area contributed by atoms with Crippen LogP contribution in [0.2, 0.25) is 0 Å². The van der Waals surface area contributed by atoms with Crippen molar-refractivity contribution < 1.29 is 28.8 Å². The summed E-state index contributed by atoms with van der Waals surface area (Å²) in [5.41, 5.74) is 1.68. The highest BCUT2D eigenvalue weighted by molar-refractivity contribution is 5.69. The maximum atomic E-state index is 11.8. The minimum atomic E-state index is -0.165. The van der Waals surface area contributed by atoms with Gasteiger partial charge in [0.15, 0.2) is 0 Å². The molecule has 9 atom stereocenters. The van der Waals surface area contributed by atoms with E-state index in [1.807, 2.05) is 0 Å². The maximum absolute atomic E-state index is 11.8. The summed E-state index contributed by atoms with van der Waals surface area (Å²) in [5.74, 6) is 2.27. The molecule has 0 aromatic rings. The molecular formula is C28H44O6. The Morgan fingerprint density at radius 3 is 2.56 bits per heavy atom. The number of carbonyl (C=O) groups excluding carboxylic acids is 2. The van der Waals surface area contributed by atoms with E-state index in [2.05, 4.69) is 26.8 Å². The lowest BCUT2D eigenvalue weighted by Crippen LogP contribution is -2.54. The number of rotatable bonds is 7. The molecule has 4 aliphatic carbocycles. The Kier molecular flexibility index (Phi) is 7.50. The van der Waals surface area contributed by atoms with Crippen LogP contribution in [0.4, 0.5) is 0 Å². The van der Waals surface area contributed by atoms with Crippen LogP contribution in [0.25, 0.3) is 0 Å². The molecule has 0 amide bonds. The van der Waals surface area contributed by atoms with Gasteiger partial charge >= 0.3 is 11.9 Å². The second kappa shape index (κ2) is 9.93. The van der Waals surface area contributed by atoms with Gasteiger partial charge in [-0.2, -0.15) is 0 Å². The molecule has 3 saturated carbocycles. The molecule has 0 spiro atoms. The lowest BCUT2D eigenvalue weighted by Gasteiger charge is -2.58. The van der Waals surface area contributed by atoms with Crippen molar-refractivity contribution in [3.63, 3.8) is 0 Å². The summed E-state index contributed by atoms with van der Waals surface area (Å²) in [7, 11) is 3.08. The van der Waals surface area contributed by atoms with E-state index < -0.39 is 0 Å². The average Bonchev–Trinajstić information content (AvgIpc) is 3.16. The SMILES string of the molecule is COOC1C=C2C(CC[C@@H]3C[C@H](OC(C)=O)CC[C@]23C)C2CC[C@H]([C@H](C)CCC(=O)OC)[C@@]12C. The zero-order chi connectivity index (χ0) is 24.7. The second-order valence-electron chi connectivity index (χ2n) is 11.9. The summed E-state index contributed by atoms with van der Waals surface area (Å²) < 4.78 is 10.5. The van der Waals surface area contributed by atoms with E-state index in [9.17, 15) is 9.59 Å². The van der Waals surface area contributed by atoms with Gasteiger partial charge in [0, 0.05) is 18.8 Å². The summed E-state index contributed by atoms with van der Waals surface area (Å²) in [6.07, 6.45) is 11.4. The number of fused-ring (bicyclic) bond motifs is 5. The highest BCUT2D eigenvalue weighted by Gasteiger charge is 2.61. The van der Waals surface area contributed by atoms with Gasteiger partial charge in [-0.05, 0) is 86.4 Å². The third-order valence-electron chi connectivity index (χ3n) is 10.4. The number of hydrogen-bond donors (Lipinski definition) is 0. The van der Waals surface area contributed by atoms with E-state index >= 15 is 0 Å². The number of methoxy groups -OCH3 is 1. The van der Waals surface area contributed by atoms with Gasteiger partial charge in [-0.25, -0.2) is 9.78 Å². The van der Waals surface area contributed by atoms with Crippen LogP contribution in [-0.4, -0.2) is 38.4 Å². The van der Waals surface area contributed by atoms with E-state index in [1.165, 1.54) is 39.7 Å². The Morgan fingerprint density at radius 1 is 1.12 bits per heavy atom. The molecule has 3 unspecified atom stereocenters. The minimum Gasteiger partial charge on any atom is -0.469 e. The van der Waals surface area contributed by atoms with Gasteiger partial charge < -0.3 is 9.47 Å². The Balaban J connectivity index is 1.61. The van der Waals surface area contributed by atoms with Gasteiger partial charge in [0.25, 0.3) is 0 Å². The second-order valence-corrected chi connectivity index (χ2v) is 11.9. The summed E-state index contributed by atoms with van der Waals surface area (Å²) in [6, 6.07) is 0. The molecule has 0 N–H and O–H groups in total. The molecule has 0 aromatic heterocycles. The van der Waals surface area contributed by atoms with Gasteiger partial charge in [0.05, 0.1) is 14.2 Å². The predicted molar refractivity (Wildman–Crippen MR) is 128 cm³/mol. The molecule has 0 aliphatic heterocycles. The predicted octanol–water partition coefficient (Wildman–Crippen LogP) is 5.64. The molecule has 34 heavy (non-hydrogen) atoms. The van der Waals surface area contributed by atoms with Crippen molar-refractivity contribution in [3.8, 4) is 0 Å². The quantitative estimate of drug-likeness (QED) is 0.205. The third kappa shape index (κ3) is 4.34. The van der Waals surface area contributed by atoms with E-state index in [4.69, 9.17) is 19.2 Å². The van der Waals surface area contributed by atoms with Crippen LogP contribution in [0.15, 0.2) is 11.6 Å². The third-order valence-corrected chi connectivity index (χ3v) is 10.4. The number of carbonyl (C=O) groups is 2. The molecule has 0 aromatic carbocycles. The standard InChI is InChI=1S/C28H44O6/c1-17(7-12-26(30)31-5)22-10-11-23-21-9-8-19-15-20(33-18(2)29)13-14-27(19,3)24(21)16-25(34-32-6)28(22,23)4/h16-17,19-23,25H,7-15H2,1-6H3/t17-,19-,20-,21?,22-,23?,25?,27+,28-/m1/s1. The minimum absolute atomic E-state index is 0.0160. The summed E-state index contributed by atoms with van der Waals surface area (Å²) in [6.45, 7) is 8.66. The van der Waals surface area contributed by atoms with Gasteiger partial charge in [0.2, 0.25) is 0 Å². The van der Waals surface area contributed by atoms with Crippen molar-refractivity contribution in [2.45, 2.75) is 97.7 Å². The normalized spacial score (nSPS) is 42.0. The molecule has 3 fully saturated rings. The van der Waals surface area contributed by atoms with Crippen LogP contribution < -0.4 is 0 Å². The Labute approximate surface area is 205 Å². The van der Waals surface area contributed by atoms with Gasteiger partial charge in [-0.15, -0.1) is 0 Å². The monoisotopic (exact) mass is 476 g/mol. The number of esters is 2. The van der Waals surface area contributed by atoms with Crippen molar-refractivity contribution >= 4 is 11.9 Å². The average molecular weight is 477 g/mol. The Bertz CT molecular complexity index is 807. The summed E-state index contributed by atoms with van der Waals surface area (Å²) >= 11 is 0. The fourth-order valence-corrected chi connectivity index (χ4v) is 8.65. The Morgan fingerprint density at radius 2 is 1.88 bits per heavy atom. The van der Waals surface area contributed by atoms with Crippen molar-refractivity contribution in [1.82, 2.24) is 0 Å². The van der Waals surface area contributed by atoms with E-state index in [1.54, 1.807) is 12.7 Å². The molecule has 6 nitrogen and oxygen atoms in total. The molecule has 0 saturated heterocycles. The molecule has 6 heteroatoms. The largest absolute Gasteiger partial charge is 0.469 e. The topological polar surface area (TPSA) is 71.1 Å². The molecule has 192 valence electrons. The highest BCUT2D eigenvalue weighted by Crippen LogP contribution is 2.67. The van der Waals surface area contributed by atoms with E-state index in [0.717, 1.165) is 25.7 Å². The van der Waals surface area contributed by atoms with Crippen LogP contribution in [0, 0.1) is 40.4 Å². The van der Waals surface area contributed by atoms with E-state index in [0.29, 0.717) is 36.0 Å². The van der Waals surface area contributed by atoms with Crippen molar-refractivity contribution in [2.24, 2.45) is 40.4 Å². The van der Waals surface area contributed by atoms with Gasteiger partial charge in [-0.3, -0.25) is 9.59 Å². The molecular weight excluding hydrogens is 432 g/mol. The Hall–Kier alpha value is -1.40. The summed E-state index contributed by atoms with van der Waals surface area (Å²) in [5, 5.41) is 0.